The van der Waals surface area contributed by atoms with Crippen molar-refractivity contribution >= 4 is 5.84 Å². The number of hydrogen-bond donors (Lipinski definition) is 0. The summed E-state index contributed by atoms with van der Waals surface area (Å²) < 4.78 is 0. The predicted molar refractivity (Wildman–Crippen MR) is 49.0 cm³/mol. The molecule has 1 rings (SSSR count). The van der Waals surface area contributed by atoms with E-state index in [4.69, 9.17) is 0 Å². The van der Waals surface area contributed by atoms with Crippen LogP contribution in [0.4, 0.5) is 0 Å². The van der Waals surface area contributed by atoms with E-state index in [2.05, 4.69) is 23.7 Å². The van der Waals surface area contributed by atoms with E-state index in [1.807, 2.05) is 7.05 Å². The Kier molecular flexibility index (Phi) is 2.92. The Morgan fingerprint density at radius 2 is 2.27 bits per heavy atom. The van der Waals surface area contributed by atoms with Gasteiger partial charge in [-0.1, -0.05) is 6.92 Å². The lowest BCUT2D eigenvalue weighted by atomic mass is 10.0. The molecule has 0 bridgehead atoms. The molecule has 0 radical (unpaired) electrons. The first-order valence-electron chi connectivity index (χ1n) is 4.42. The smallest absolute Gasteiger partial charge is 0.0954 e. The number of hydrogen-bond acceptors (Lipinski definition) is 1. The highest BCUT2D eigenvalue weighted by Crippen LogP contribution is 2.15. The Balaban J connectivity index is 2.46. The van der Waals surface area contributed by atoms with Crippen LogP contribution >= 0.6 is 0 Å². The van der Waals surface area contributed by atoms with Gasteiger partial charge in [0.2, 0.25) is 0 Å². The van der Waals surface area contributed by atoms with Crippen LogP contribution in [-0.2, 0) is 0 Å². The van der Waals surface area contributed by atoms with Gasteiger partial charge in [-0.3, -0.25) is 4.99 Å². The molecule has 0 aromatic carbocycles. The average Bonchev–Trinajstić information content (AvgIpc) is 2.03. The van der Waals surface area contributed by atoms with Crippen molar-refractivity contribution in [3.05, 3.63) is 0 Å². The molecule has 1 heterocycles. The van der Waals surface area contributed by atoms with E-state index in [0.717, 1.165) is 5.92 Å². The summed E-state index contributed by atoms with van der Waals surface area (Å²) in [7, 11) is 1.87. The quantitative estimate of drug-likeness (QED) is 0.383. The molecule has 0 unspecified atom stereocenters. The highest BCUT2D eigenvalue weighted by atomic mass is 15.2. The van der Waals surface area contributed by atoms with Crippen LogP contribution in [0.5, 0.6) is 0 Å². The predicted octanol–water partition coefficient (Wildman–Crippen LogP) is 1.77. The molecule has 1 aliphatic rings. The minimum Gasteiger partial charge on any atom is -0.360 e. The molecule has 2 nitrogen and oxygen atoms in total. The highest BCUT2D eigenvalue weighted by molar-refractivity contribution is 5.79. The number of rotatable bonds is 0. The van der Waals surface area contributed by atoms with Crippen LogP contribution in [0, 0.1) is 5.92 Å². The largest absolute Gasteiger partial charge is 0.360 e. The van der Waals surface area contributed by atoms with Crippen molar-refractivity contribution in [3.8, 4) is 0 Å². The molecule has 0 aromatic heterocycles. The highest BCUT2D eigenvalue weighted by Gasteiger charge is 2.16. The van der Waals surface area contributed by atoms with E-state index >= 15 is 0 Å². The molecule has 0 saturated carbocycles. The molecule has 2 heteroatoms. The Morgan fingerprint density at radius 1 is 1.55 bits per heavy atom. The van der Waals surface area contributed by atoms with E-state index in [0.29, 0.717) is 0 Å². The fourth-order valence-electron chi connectivity index (χ4n) is 1.62. The summed E-state index contributed by atoms with van der Waals surface area (Å²) in [5.41, 5.74) is 0. The Bertz CT molecular complexity index is 152. The van der Waals surface area contributed by atoms with E-state index < -0.39 is 0 Å². The molecular formula is C9H18N2. The lowest BCUT2D eigenvalue weighted by Gasteiger charge is -2.32. The average molecular weight is 154 g/mol. The van der Waals surface area contributed by atoms with E-state index in [1.165, 1.54) is 31.8 Å². The van der Waals surface area contributed by atoms with Gasteiger partial charge in [-0.2, -0.15) is 0 Å². The molecule has 0 aromatic rings. The van der Waals surface area contributed by atoms with Crippen molar-refractivity contribution in [2.75, 3.05) is 20.1 Å². The fraction of sp³-hybridized carbons (Fsp3) is 0.889. The molecule has 1 aliphatic heterocycles. The summed E-state index contributed by atoms with van der Waals surface area (Å²) >= 11 is 0. The number of piperidine rings is 1. The van der Waals surface area contributed by atoms with Crippen molar-refractivity contribution in [1.82, 2.24) is 4.90 Å². The number of nitrogens with zero attached hydrogens (tertiary/aromatic N) is 2. The zero-order chi connectivity index (χ0) is 8.27. The Labute approximate surface area is 69.3 Å². The molecule has 1 fully saturated rings. The Morgan fingerprint density at radius 3 is 2.82 bits per heavy atom. The second-order valence-corrected chi connectivity index (χ2v) is 3.46. The molecule has 64 valence electrons. The minimum absolute atomic E-state index is 0.848. The summed E-state index contributed by atoms with van der Waals surface area (Å²) in [5, 5.41) is 0. The molecular weight excluding hydrogens is 136 g/mol. The van der Waals surface area contributed by atoms with Gasteiger partial charge in [0.25, 0.3) is 0 Å². The standard InChI is InChI=1S/C9H18N2/c1-8-5-4-6-11(7-8)9(2)10-3/h8H,4-7H2,1-3H3/b10-9+/t8-/m1/s1. The first-order valence-corrected chi connectivity index (χ1v) is 4.42. The maximum atomic E-state index is 4.19. The first kappa shape index (κ1) is 8.57. The van der Waals surface area contributed by atoms with Crippen LogP contribution in [0.1, 0.15) is 26.7 Å². The van der Waals surface area contributed by atoms with Gasteiger partial charge >= 0.3 is 0 Å². The zero-order valence-corrected chi connectivity index (χ0v) is 7.80. The molecule has 0 aliphatic carbocycles. The second kappa shape index (κ2) is 3.74. The normalized spacial score (nSPS) is 27.4. The summed E-state index contributed by atoms with van der Waals surface area (Å²) in [4.78, 5) is 6.57. The van der Waals surface area contributed by atoms with Crippen molar-refractivity contribution in [2.24, 2.45) is 10.9 Å². The van der Waals surface area contributed by atoms with Crippen LogP contribution in [0.2, 0.25) is 0 Å². The van der Waals surface area contributed by atoms with Gasteiger partial charge in [-0.15, -0.1) is 0 Å². The number of amidine groups is 1. The summed E-state index contributed by atoms with van der Waals surface area (Å²) in [6.45, 7) is 6.81. The Hall–Kier alpha value is -0.530. The van der Waals surface area contributed by atoms with Crippen LogP contribution in [0.15, 0.2) is 4.99 Å². The second-order valence-electron chi connectivity index (χ2n) is 3.46. The zero-order valence-electron chi connectivity index (χ0n) is 7.80. The number of aliphatic imine (C=N–C) groups is 1. The monoisotopic (exact) mass is 154 g/mol. The van der Waals surface area contributed by atoms with Crippen LogP contribution in [-0.4, -0.2) is 30.9 Å². The van der Waals surface area contributed by atoms with Crippen LogP contribution in [0.25, 0.3) is 0 Å². The SMILES string of the molecule is C/N=C(\C)N1CCC[C@@H](C)C1. The fourth-order valence-corrected chi connectivity index (χ4v) is 1.62. The van der Waals surface area contributed by atoms with Crippen molar-refractivity contribution in [2.45, 2.75) is 26.7 Å². The molecule has 1 atom stereocenters. The topological polar surface area (TPSA) is 15.6 Å². The molecule has 0 spiro atoms. The van der Waals surface area contributed by atoms with Crippen LogP contribution in [0.3, 0.4) is 0 Å². The third-order valence-electron chi connectivity index (χ3n) is 2.44. The van der Waals surface area contributed by atoms with Gasteiger partial charge in [-0.05, 0) is 25.7 Å². The molecule has 0 amide bonds. The minimum atomic E-state index is 0.848. The molecule has 11 heavy (non-hydrogen) atoms. The summed E-state index contributed by atoms with van der Waals surface area (Å²) in [6, 6.07) is 0. The maximum Gasteiger partial charge on any atom is 0.0954 e. The lowest BCUT2D eigenvalue weighted by Crippen LogP contribution is -2.37. The number of likely N-dealkylation sites (tertiary alicyclic amines) is 1. The summed E-state index contributed by atoms with van der Waals surface area (Å²) in [5.74, 6) is 2.04. The lowest BCUT2D eigenvalue weighted by molar-refractivity contribution is 0.272. The molecule has 0 N–H and O–H groups in total. The third-order valence-corrected chi connectivity index (χ3v) is 2.44. The van der Waals surface area contributed by atoms with Gasteiger partial charge in [0.15, 0.2) is 0 Å². The third kappa shape index (κ3) is 2.21. The van der Waals surface area contributed by atoms with Crippen molar-refractivity contribution < 1.29 is 0 Å². The van der Waals surface area contributed by atoms with Gasteiger partial charge in [0.05, 0.1) is 5.84 Å². The van der Waals surface area contributed by atoms with Gasteiger partial charge in [0, 0.05) is 20.1 Å². The van der Waals surface area contributed by atoms with Crippen molar-refractivity contribution in [1.29, 1.82) is 0 Å². The van der Waals surface area contributed by atoms with E-state index in [-0.39, 0.29) is 0 Å². The van der Waals surface area contributed by atoms with Gasteiger partial charge in [-0.25, -0.2) is 0 Å². The van der Waals surface area contributed by atoms with Gasteiger partial charge in [0.1, 0.15) is 0 Å². The van der Waals surface area contributed by atoms with Gasteiger partial charge < -0.3 is 4.90 Å². The van der Waals surface area contributed by atoms with E-state index in [9.17, 15) is 0 Å². The van der Waals surface area contributed by atoms with Crippen LogP contribution < -0.4 is 0 Å². The van der Waals surface area contributed by atoms with Crippen molar-refractivity contribution in [3.63, 3.8) is 0 Å². The van der Waals surface area contributed by atoms with E-state index in [1.54, 1.807) is 0 Å². The molecule has 1 saturated heterocycles. The maximum absolute atomic E-state index is 4.19. The summed E-state index contributed by atoms with van der Waals surface area (Å²) in [6.07, 6.45) is 2.71. The first-order chi connectivity index (χ1) is 5.24.